The minimum absolute atomic E-state index is 0.109. The van der Waals surface area contributed by atoms with Gasteiger partial charge in [-0.25, -0.2) is 9.59 Å². The van der Waals surface area contributed by atoms with Crippen LogP contribution in [0.25, 0.3) is 0 Å². The molecular formula is C34H44BrNO5. The number of primary amides is 1. The topological polar surface area (TPSA) is 98.8 Å². The summed E-state index contributed by atoms with van der Waals surface area (Å²) in [5, 5.41) is 11.0. The summed E-state index contributed by atoms with van der Waals surface area (Å²) in [6.07, 6.45) is 14.1. The van der Waals surface area contributed by atoms with Crippen LogP contribution in [0.15, 0.2) is 71.3 Å². The van der Waals surface area contributed by atoms with E-state index in [4.69, 9.17) is 15.2 Å². The minimum Gasteiger partial charge on any atom is -0.454 e. The molecule has 7 heteroatoms. The van der Waals surface area contributed by atoms with Crippen LogP contribution in [0, 0.1) is 41.9 Å². The fraction of sp³-hybridized carbons (Fsp3) is 0.471. The predicted molar refractivity (Wildman–Crippen MR) is 168 cm³/mol. The van der Waals surface area contributed by atoms with Crippen molar-refractivity contribution in [3.63, 3.8) is 0 Å². The largest absolute Gasteiger partial charge is 0.454 e. The van der Waals surface area contributed by atoms with Crippen molar-refractivity contribution in [3.8, 4) is 11.8 Å². The first-order chi connectivity index (χ1) is 19.3. The normalized spacial score (nSPS) is 26.8. The van der Waals surface area contributed by atoms with E-state index < -0.39 is 29.7 Å². The number of cyclic esters (lactones) is 1. The molecule has 0 unspecified atom stereocenters. The van der Waals surface area contributed by atoms with E-state index in [1.807, 2.05) is 65.0 Å². The van der Waals surface area contributed by atoms with Gasteiger partial charge in [0.1, 0.15) is 12.2 Å². The molecule has 0 aliphatic carbocycles. The number of allylic oxidation sites excluding steroid dienone is 4. The van der Waals surface area contributed by atoms with Gasteiger partial charge in [0.25, 0.3) is 0 Å². The monoisotopic (exact) mass is 625 g/mol. The van der Waals surface area contributed by atoms with Crippen LogP contribution in [0.5, 0.6) is 0 Å². The Balaban J connectivity index is 2.15. The summed E-state index contributed by atoms with van der Waals surface area (Å²) in [5.74, 6) is 5.78. The molecule has 0 fully saturated rings. The molecule has 1 aromatic rings. The molecule has 0 saturated carbocycles. The van der Waals surface area contributed by atoms with Crippen molar-refractivity contribution in [2.24, 2.45) is 28.9 Å². The molecule has 2 rings (SSSR count). The molecule has 1 amide bonds. The van der Waals surface area contributed by atoms with Crippen LogP contribution in [0.2, 0.25) is 0 Å². The lowest BCUT2D eigenvalue weighted by atomic mass is 9.82. The van der Waals surface area contributed by atoms with Crippen LogP contribution in [0.3, 0.4) is 0 Å². The number of hydrogen-bond donors (Lipinski definition) is 2. The molecule has 0 saturated heterocycles. The van der Waals surface area contributed by atoms with Crippen LogP contribution in [0.4, 0.5) is 4.79 Å². The first kappa shape index (κ1) is 34.1. The summed E-state index contributed by atoms with van der Waals surface area (Å²) in [6.45, 7) is 12.0. The minimum atomic E-state index is -0.771. The molecule has 0 radical (unpaired) electrons. The molecule has 0 spiro atoms. The van der Waals surface area contributed by atoms with Gasteiger partial charge < -0.3 is 20.3 Å². The average molecular weight is 627 g/mol. The third-order valence-electron chi connectivity index (χ3n) is 7.16. The van der Waals surface area contributed by atoms with E-state index in [9.17, 15) is 14.7 Å². The number of halogens is 1. The molecule has 41 heavy (non-hydrogen) atoms. The average Bonchev–Trinajstić information content (AvgIpc) is 2.88. The summed E-state index contributed by atoms with van der Waals surface area (Å²) in [7, 11) is 0. The Kier molecular flexibility index (Phi) is 13.6. The number of aliphatic hydroxyl groups is 1. The molecule has 1 aromatic carbocycles. The second kappa shape index (κ2) is 16.4. The molecule has 0 aromatic heterocycles. The number of amides is 1. The van der Waals surface area contributed by atoms with Crippen molar-refractivity contribution in [1.82, 2.24) is 0 Å². The summed E-state index contributed by atoms with van der Waals surface area (Å²) in [4.78, 5) is 23.9. The maximum Gasteiger partial charge on any atom is 0.404 e. The lowest BCUT2D eigenvalue weighted by molar-refractivity contribution is -0.142. The highest BCUT2D eigenvalue weighted by Crippen LogP contribution is 2.38. The Morgan fingerprint density at radius 2 is 1.90 bits per heavy atom. The number of aryl methyl sites for hydroxylation is 1. The Labute approximate surface area is 253 Å². The molecule has 0 bridgehead atoms. The van der Waals surface area contributed by atoms with Gasteiger partial charge in [0.15, 0.2) is 0 Å². The number of ether oxygens (including phenoxy) is 2. The fourth-order valence-corrected chi connectivity index (χ4v) is 5.11. The summed E-state index contributed by atoms with van der Waals surface area (Å²) >= 11 is 3.59. The third kappa shape index (κ3) is 11.7. The highest BCUT2D eigenvalue weighted by atomic mass is 79.9. The second-order valence-electron chi connectivity index (χ2n) is 11.6. The fourth-order valence-electron chi connectivity index (χ4n) is 4.63. The summed E-state index contributed by atoms with van der Waals surface area (Å²) < 4.78 is 12.0. The van der Waals surface area contributed by atoms with E-state index in [0.717, 1.165) is 15.6 Å². The van der Waals surface area contributed by atoms with Gasteiger partial charge in [-0.1, -0.05) is 105 Å². The van der Waals surface area contributed by atoms with Crippen molar-refractivity contribution in [2.45, 2.75) is 79.1 Å². The maximum atomic E-state index is 12.5. The lowest BCUT2D eigenvalue weighted by Crippen LogP contribution is -2.26. The summed E-state index contributed by atoms with van der Waals surface area (Å²) in [5.41, 5.74) is 6.64. The Hall–Kier alpha value is -3.08. The highest BCUT2D eigenvalue weighted by Gasteiger charge is 2.28. The summed E-state index contributed by atoms with van der Waals surface area (Å²) in [6, 6.07) is 5.84. The molecule has 222 valence electrons. The first-order valence-corrected chi connectivity index (χ1v) is 14.9. The first-order valence-electron chi connectivity index (χ1n) is 14.1. The number of nitrogens with two attached hydrogens (primary N) is 1. The van der Waals surface area contributed by atoms with Gasteiger partial charge in [0.05, 0.1) is 6.10 Å². The van der Waals surface area contributed by atoms with Crippen molar-refractivity contribution < 1.29 is 24.2 Å². The quantitative estimate of drug-likeness (QED) is 0.200. The second-order valence-corrected chi connectivity index (χ2v) is 12.4. The van der Waals surface area contributed by atoms with Crippen molar-refractivity contribution in [1.29, 1.82) is 0 Å². The lowest BCUT2D eigenvalue weighted by Gasteiger charge is -2.28. The highest BCUT2D eigenvalue weighted by molar-refractivity contribution is 9.10. The van der Waals surface area contributed by atoms with E-state index in [2.05, 4.69) is 40.8 Å². The van der Waals surface area contributed by atoms with Crippen LogP contribution < -0.4 is 5.73 Å². The van der Waals surface area contributed by atoms with Gasteiger partial charge in [-0.2, -0.15) is 0 Å². The van der Waals surface area contributed by atoms with E-state index in [0.29, 0.717) is 19.3 Å². The van der Waals surface area contributed by atoms with Gasteiger partial charge in [-0.15, -0.1) is 0 Å². The zero-order chi connectivity index (χ0) is 30.6. The van der Waals surface area contributed by atoms with Gasteiger partial charge >= 0.3 is 12.1 Å². The van der Waals surface area contributed by atoms with E-state index in [-0.39, 0.29) is 23.9 Å². The predicted octanol–water partition coefficient (Wildman–Crippen LogP) is 7.51. The Bertz CT molecular complexity index is 1220. The van der Waals surface area contributed by atoms with Gasteiger partial charge in [-0.05, 0) is 67.4 Å². The molecule has 1 aliphatic rings. The van der Waals surface area contributed by atoms with E-state index in [1.54, 1.807) is 24.3 Å². The van der Waals surface area contributed by atoms with Crippen molar-refractivity contribution in [3.05, 3.63) is 82.4 Å². The molecule has 1 heterocycles. The Morgan fingerprint density at radius 1 is 1.20 bits per heavy atom. The van der Waals surface area contributed by atoms with Crippen molar-refractivity contribution in [2.75, 3.05) is 0 Å². The number of rotatable bonds is 5. The third-order valence-corrected chi connectivity index (χ3v) is 8.24. The number of hydrogen-bond acceptors (Lipinski definition) is 5. The molecule has 1 aliphatic heterocycles. The van der Waals surface area contributed by atoms with Crippen molar-refractivity contribution >= 4 is 28.0 Å². The van der Waals surface area contributed by atoms with E-state index >= 15 is 0 Å². The molecule has 6 atom stereocenters. The van der Waals surface area contributed by atoms with E-state index in [1.165, 1.54) is 6.08 Å². The van der Waals surface area contributed by atoms with Crippen LogP contribution in [-0.4, -0.2) is 29.4 Å². The standard InChI is InChI=1S/C34H44BrNO5/c1-23-13-11-17-30(37)41-29(25(3)19-18-24(2)22-27(21-23)40-33(36)39)16-9-7-8-10-20-34(5,6)32(38)28-15-12-14-26(4)31(28)35/h9-12,14-20,23-25,27,29,32,38H,13,21-22H2,1-6H3,(H2,36,39)/b16-9+,17-11-,19-18+,20-10+/t23-,24+,25+,27-,29-,32+/m0/s1. The SMILES string of the molecule is Cc1cccc([C@@H](O)C(C)(C)/C=C/C#C/C=C/[C@@H]2OC(=O)/C=C\C[C@H](C)C[C@H](OC(N)=O)C[C@H](C)/C=C/[C@H]2C)c1Br. The smallest absolute Gasteiger partial charge is 0.404 e. The maximum absolute atomic E-state index is 12.5. The number of carbonyl (C=O) groups is 2. The number of aliphatic hydroxyl groups excluding tert-OH is 1. The van der Waals surface area contributed by atoms with Gasteiger partial charge in [0, 0.05) is 21.9 Å². The zero-order valence-electron chi connectivity index (χ0n) is 25.0. The number of esters is 1. The zero-order valence-corrected chi connectivity index (χ0v) is 26.6. The van der Waals surface area contributed by atoms with Crippen LogP contribution >= 0.6 is 15.9 Å². The van der Waals surface area contributed by atoms with Gasteiger partial charge in [-0.3, -0.25) is 0 Å². The molecule has 6 nitrogen and oxygen atoms in total. The Morgan fingerprint density at radius 3 is 2.61 bits per heavy atom. The van der Waals surface area contributed by atoms with Crippen LogP contribution in [0.1, 0.15) is 71.1 Å². The van der Waals surface area contributed by atoms with Gasteiger partial charge in [0.2, 0.25) is 0 Å². The van der Waals surface area contributed by atoms with Crippen LogP contribution in [-0.2, 0) is 14.3 Å². The number of benzene rings is 1. The number of carbonyl (C=O) groups excluding carboxylic acids is 2. The molecular weight excluding hydrogens is 582 g/mol. The molecule has 3 N–H and O–H groups in total.